The summed E-state index contributed by atoms with van der Waals surface area (Å²) in [5.41, 5.74) is 5.64. The van der Waals surface area contributed by atoms with E-state index in [1.54, 1.807) is 7.11 Å². The van der Waals surface area contributed by atoms with Gasteiger partial charge in [-0.05, 0) is 36.8 Å². The zero-order valence-corrected chi connectivity index (χ0v) is 14.0. The highest BCUT2D eigenvalue weighted by atomic mass is 16.5. The number of methoxy groups -OCH3 is 1. The summed E-state index contributed by atoms with van der Waals surface area (Å²) in [4.78, 5) is 4.79. The molecule has 2 aromatic heterocycles. The Labute approximate surface area is 141 Å². The Morgan fingerprint density at radius 1 is 0.875 bits per heavy atom. The predicted octanol–water partition coefficient (Wildman–Crippen LogP) is 4.32. The molecule has 0 spiro atoms. The largest absolute Gasteiger partial charge is 0.497 e. The molecule has 0 aliphatic rings. The summed E-state index contributed by atoms with van der Waals surface area (Å²) >= 11 is 0. The Kier molecular flexibility index (Phi) is 3.38. The van der Waals surface area contributed by atoms with Crippen molar-refractivity contribution in [2.24, 2.45) is 7.05 Å². The molecule has 4 nitrogen and oxygen atoms in total. The second-order valence-electron chi connectivity index (χ2n) is 6.00. The maximum Gasteiger partial charge on any atom is 0.214 e. The topological polar surface area (TPSA) is 31.5 Å². The molecule has 0 amide bonds. The van der Waals surface area contributed by atoms with Gasteiger partial charge in [-0.3, -0.25) is 4.40 Å². The summed E-state index contributed by atoms with van der Waals surface area (Å²) in [7, 11) is 3.72. The van der Waals surface area contributed by atoms with Crippen molar-refractivity contribution in [3.05, 3.63) is 66.5 Å². The van der Waals surface area contributed by atoms with Crippen molar-refractivity contribution in [2.45, 2.75) is 6.92 Å². The first kappa shape index (κ1) is 14.6. The van der Waals surface area contributed by atoms with Crippen molar-refractivity contribution < 1.29 is 4.74 Å². The fourth-order valence-electron chi connectivity index (χ4n) is 2.95. The maximum absolute atomic E-state index is 5.23. The van der Waals surface area contributed by atoms with Crippen LogP contribution < -0.4 is 4.74 Å². The van der Waals surface area contributed by atoms with Crippen LogP contribution >= 0.6 is 0 Å². The van der Waals surface area contributed by atoms with Gasteiger partial charge in [-0.25, -0.2) is 4.98 Å². The van der Waals surface area contributed by atoms with Gasteiger partial charge in [-0.1, -0.05) is 29.8 Å². The Hall–Kier alpha value is -3.01. The van der Waals surface area contributed by atoms with Gasteiger partial charge >= 0.3 is 0 Å². The number of rotatable bonds is 3. The van der Waals surface area contributed by atoms with Crippen molar-refractivity contribution in [1.29, 1.82) is 0 Å². The summed E-state index contributed by atoms with van der Waals surface area (Å²) in [6.07, 6.45) is 4.19. The van der Waals surface area contributed by atoms with Crippen LogP contribution in [0, 0.1) is 6.92 Å². The zero-order chi connectivity index (χ0) is 16.7. The molecule has 120 valence electrons. The average Bonchev–Trinajstić information content (AvgIpc) is 3.15. The van der Waals surface area contributed by atoms with Gasteiger partial charge in [0.2, 0.25) is 5.78 Å². The standard InChI is InChI=1S/C20H19N3O/c1-14-4-6-15(7-5-14)18-12-23-13-19(22(2)20(23)21-18)16-8-10-17(24-3)11-9-16/h4-13H,1-3H3. The van der Waals surface area contributed by atoms with Gasteiger partial charge in [-0.15, -0.1) is 0 Å². The molecule has 0 bridgehead atoms. The molecular formula is C20H19N3O. The van der Waals surface area contributed by atoms with Crippen LogP contribution in [-0.4, -0.2) is 21.1 Å². The van der Waals surface area contributed by atoms with Crippen LogP contribution in [0.4, 0.5) is 0 Å². The minimum atomic E-state index is 0.861. The molecule has 4 rings (SSSR count). The Balaban J connectivity index is 1.76. The van der Waals surface area contributed by atoms with Gasteiger partial charge in [0.15, 0.2) is 0 Å². The maximum atomic E-state index is 5.23. The minimum Gasteiger partial charge on any atom is -0.497 e. The molecule has 0 N–H and O–H groups in total. The predicted molar refractivity (Wildman–Crippen MR) is 96.3 cm³/mol. The van der Waals surface area contributed by atoms with E-state index in [-0.39, 0.29) is 0 Å². The van der Waals surface area contributed by atoms with Crippen LogP contribution in [0.3, 0.4) is 0 Å². The smallest absolute Gasteiger partial charge is 0.214 e. The molecule has 4 aromatic rings. The van der Waals surface area contributed by atoms with Crippen molar-refractivity contribution in [1.82, 2.24) is 14.0 Å². The first-order valence-electron chi connectivity index (χ1n) is 7.91. The molecule has 0 saturated carbocycles. The lowest BCUT2D eigenvalue weighted by molar-refractivity contribution is 0.415. The van der Waals surface area contributed by atoms with Crippen molar-refractivity contribution in [2.75, 3.05) is 7.11 Å². The highest BCUT2D eigenvalue weighted by Crippen LogP contribution is 2.26. The molecule has 0 aliphatic carbocycles. The summed E-state index contributed by atoms with van der Waals surface area (Å²) in [6, 6.07) is 16.5. The van der Waals surface area contributed by atoms with Crippen molar-refractivity contribution in [3.8, 4) is 28.3 Å². The van der Waals surface area contributed by atoms with Gasteiger partial charge in [0.05, 0.1) is 18.5 Å². The lowest BCUT2D eigenvalue weighted by Gasteiger charge is -2.04. The molecule has 4 heteroatoms. The number of ether oxygens (including phenoxy) is 1. The Morgan fingerprint density at radius 3 is 2.17 bits per heavy atom. The summed E-state index contributed by atoms with van der Waals surface area (Å²) in [6.45, 7) is 2.09. The molecule has 2 heterocycles. The normalized spacial score (nSPS) is 11.1. The third kappa shape index (κ3) is 2.36. The second-order valence-corrected chi connectivity index (χ2v) is 6.00. The van der Waals surface area contributed by atoms with E-state index in [1.807, 2.05) is 19.2 Å². The highest BCUT2D eigenvalue weighted by molar-refractivity contribution is 5.67. The molecule has 0 unspecified atom stereocenters. The number of aromatic nitrogens is 3. The van der Waals surface area contributed by atoms with Crippen molar-refractivity contribution >= 4 is 5.78 Å². The summed E-state index contributed by atoms with van der Waals surface area (Å²) in [5, 5.41) is 0. The van der Waals surface area contributed by atoms with E-state index in [2.05, 4.69) is 64.7 Å². The summed E-state index contributed by atoms with van der Waals surface area (Å²) in [5.74, 6) is 1.79. The van der Waals surface area contributed by atoms with Gasteiger partial charge in [0.1, 0.15) is 5.75 Å². The highest BCUT2D eigenvalue weighted by Gasteiger charge is 2.12. The lowest BCUT2D eigenvalue weighted by atomic mass is 10.1. The molecule has 0 saturated heterocycles. The van der Waals surface area contributed by atoms with Gasteiger partial charge in [0, 0.05) is 25.0 Å². The SMILES string of the molecule is COc1ccc(-c2cn3cc(-c4ccc(C)cc4)nc3n2C)cc1. The fraction of sp³-hybridized carbons (Fsp3) is 0.150. The quantitative estimate of drug-likeness (QED) is 0.563. The molecule has 0 atom stereocenters. The Bertz CT molecular complexity index is 992. The molecular weight excluding hydrogens is 298 g/mol. The molecule has 0 aliphatic heterocycles. The van der Waals surface area contributed by atoms with Gasteiger partial charge in [-0.2, -0.15) is 0 Å². The zero-order valence-electron chi connectivity index (χ0n) is 14.0. The number of hydrogen-bond donors (Lipinski definition) is 0. The fourth-order valence-corrected chi connectivity index (χ4v) is 2.95. The van der Waals surface area contributed by atoms with Crippen LogP contribution in [0.1, 0.15) is 5.56 Å². The minimum absolute atomic E-state index is 0.861. The number of nitrogens with zero attached hydrogens (tertiary/aromatic N) is 3. The van der Waals surface area contributed by atoms with E-state index >= 15 is 0 Å². The van der Waals surface area contributed by atoms with E-state index in [4.69, 9.17) is 9.72 Å². The monoisotopic (exact) mass is 317 g/mol. The van der Waals surface area contributed by atoms with Crippen molar-refractivity contribution in [3.63, 3.8) is 0 Å². The van der Waals surface area contributed by atoms with Gasteiger partial charge in [0.25, 0.3) is 0 Å². The second kappa shape index (κ2) is 5.57. The third-order valence-corrected chi connectivity index (χ3v) is 4.37. The number of aryl methyl sites for hydroxylation is 2. The molecule has 0 radical (unpaired) electrons. The number of benzene rings is 2. The molecule has 24 heavy (non-hydrogen) atoms. The number of imidazole rings is 2. The average molecular weight is 317 g/mol. The van der Waals surface area contributed by atoms with Crippen LogP contribution in [0.2, 0.25) is 0 Å². The van der Waals surface area contributed by atoms with Crippen LogP contribution in [0.25, 0.3) is 28.3 Å². The van der Waals surface area contributed by atoms with E-state index in [1.165, 1.54) is 5.56 Å². The first-order chi connectivity index (χ1) is 11.7. The van der Waals surface area contributed by atoms with Crippen LogP contribution in [0.5, 0.6) is 5.75 Å². The van der Waals surface area contributed by atoms with Crippen LogP contribution in [0.15, 0.2) is 60.9 Å². The summed E-state index contributed by atoms with van der Waals surface area (Å²) < 4.78 is 9.42. The third-order valence-electron chi connectivity index (χ3n) is 4.37. The number of hydrogen-bond acceptors (Lipinski definition) is 2. The number of fused-ring (bicyclic) bond motifs is 1. The molecule has 2 aromatic carbocycles. The molecule has 0 fully saturated rings. The van der Waals surface area contributed by atoms with E-state index in [9.17, 15) is 0 Å². The van der Waals surface area contributed by atoms with Crippen LogP contribution in [-0.2, 0) is 7.05 Å². The van der Waals surface area contributed by atoms with E-state index in [0.29, 0.717) is 0 Å². The lowest BCUT2D eigenvalue weighted by Crippen LogP contribution is -1.93. The van der Waals surface area contributed by atoms with Gasteiger partial charge < -0.3 is 9.30 Å². The Morgan fingerprint density at radius 2 is 1.54 bits per heavy atom. The van der Waals surface area contributed by atoms with E-state index in [0.717, 1.165) is 34.0 Å². The van der Waals surface area contributed by atoms with E-state index < -0.39 is 0 Å². The first-order valence-corrected chi connectivity index (χ1v) is 7.91.